The average molecular weight is 736 g/mol. The fourth-order valence-corrected chi connectivity index (χ4v) is 9.39. The van der Waals surface area contributed by atoms with Crippen molar-refractivity contribution in [2.45, 2.75) is 20.8 Å². The molecule has 5 nitrogen and oxygen atoms in total. The van der Waals surface area contributed by atoms with E-state index in [1.807, 2.05) is 12.1 Å². The van der Waals surface area contributed by atoms with Crippen LogP contribution in [0.5, 0.6) is 0 Å². The van der Waals surface area contributed by atoms with Gasteiger partial charge < -0.3 is 0 Å². The van der Waals surface area contributed by atoms with Crippen LogP contribution in [0.2, 0.25) is 0 Å². The molecule has 0 amide bonds. The van der Waals surface area contributed by atoms with Crippen molar-refractivity contribution in [3.63, 3.8) is 0 Å². The Labute approximate surface area is 321 Å². The quantitative estimate of drug-likeness (QED) is 0.130. The number of fused-ring (bicyclic) bond motifs is 8. The molecule has 0 aliphatic carbocycles. The smallest absolute Gasteiger partial charge is 0.258 e. The van der Waals surface area contributed by atoms with Crippen molar-refractivity contribution < 1.29 is 4.92 Å². The minimum atomic E-state index is -0.362. The molecule has 4 aromatic carbocycles. The number of benzene rings is 4. The molecule has 2 aliphatic heterocycles. The largest absolute Gasteiger partial charge is 0.269 e. The Morgan fingerprint density at radius 1 is 0.407 bits per heavy atom. The number of hydrogen-bond donors (Lipinski definition) is 0. The second-order valence-electron chi connectivity index (χ2n) is 13.7. The van der Waals surface area contributed by atoms with Crippen LogP contribution in [-0.2, 0) is 0 Å². The van der Waals surface area contributed by atoms with Crippen molar-refractivity contribution >= 4 is 71.5 Å². The third-order valence-corrected chi connectivity index (χ3v) is 12.1. The van der Waals surface area contributed by atoms with Gasteiger partial charge in [-0.2, -0.15) is 0 Å². The van der Waals surface area contributed by atoms with Gasteiger partial charge in [-0.3, -0.25) is 10.1 Å². The van der Waals surface area contributed by atoms with Gasteiger partial charge in [-0.15, -0.1) is 22.7 Å². The molecule has 0 unspecified atom stereocenters. The number of nitro benzene ring substituents is 1. The van der Waals surface area contributed by atoms with Gasteiger partial charge in [0, 0.05) is 53.2 Å². The van der Waals surface area contributed by atoms with Gasteiger partial charge in [0.05, 0.1) is 27.7 Å². The van der Waals surface area contributed by atoms with Gasteiger partial charge in [-0.25, -0.2) is 9.97 Å². The molecule has 2 aliphatic rings. The van der Waals surface area contributed by atoms with Crippen molar-refractivity contribution in [1.29, 1.82) is 0 Å². The molecule has 54 heavy (non-hydrogen) atoms. The van der Waals surface area contributed by atoms with Gasteiger partial charge in [0.1, 0.15) is 0 Å². The SMILES string of the molecule is Cc1ccc(-c2c3nc(c(-c4ccc(C)cc4)c4ccc(s4)c(-c4ccc([N+](=O)[O-])cc4)c4nc(c(-c5ccc(C)cc5)c5ccc2s5)C=C4)C=C3)cc1. The molecule has 9 rings (SSSR count). The third kappa shape index (κ3) is 6.17. The summed E-state index contributed by atoms with van der Waals surface area (Å²) >= 11 is 3.42. The second kappa shape index (κ2) is 13.6. The molecule has 0 spiro atoms. The molecule has 0 saturated carbocycles. The van der Waals surface area contributed by atoms with Gasteiger partial charge in [-0.1, -0.05) is 89.5 Å². The summed E-state index contributed by atoms with van der Waals surface area (Å²) in [6.45, 7) is 6.31. The van der Waals surface area contributed by atoms with Crippen molar-refractivity contribution in [3.8, 4) is 44.5 Å². The van der Waals surface area contributed by atoms with Gasteiger partial charge in [0.2, 0.25) is 0 Å². The summed E-state index contributed by atoms with van der Waals surface area (Å²) in [7, 11) is 0. The minimum Gasteiger partial charge on any atom is -0.258 e. The molecule has 8 bridgehead atoms. The highest BCUT2D eigenvalue weighted by atomic mass is 32.1. The molecule has 7 heteroatoms. The zero-order valence-corrected chi connectivity index (χ0v) is 31.5. The van der Waals surface area contributed by atoms with E-state index in [-0.39, 0.29) is 10.6 Å². The topological polar surface area (TPSA) is 68.9 Å². The number of non-ortho nitro benzene ring substituents is 1. The number of thiophene rings is 2. The highest BCUT2D eigenvalue weighted by Gasteiger charge is 2.19. The summed E-state index contributed by atoms with van der Waals surface area (Å²) in [6, 6.07) is 41.5. The molecule has 0 saturated heterocycles. The summed E-state index contributed by atoms with van der Waals surface area (Å²) in [4.78, 5) is 22.1. The van der Waals surface area contributed by atoms with E-state index >= 15 is 0 Å². The Morgan fingerprint density at radius 3 is 0.926 bits per heavy atom. The van der Waals surface area contributed by atoms with Crippen LogP contribution < -0.4 is 0 Å². The summed E-state index contributed by atoms with van der Waals surface area (Å²) in [5.74, 6) is 0. The molecule has 5 heterocycles. The van der Waals surface area contributed by atoms with Gasteiger partial charge >= 0.3 is 0 Å². The Morgan fingerprint density at radius 2 is 0.667 bits per heavy atom. The Kier molecular flexibility index (Phi) is 8.45. The van der Waals surface area contributed by atoms with E-state index in [0.29, 0.717) is 0 Å². The highest BCUT2D eigenvalue weighted by molar-refractivity contribution is 7.24. The maximum Gasteiger partial charge on any atom is 0.269 e. The molecule has 0 atom stereocenters. The highest BCUT2D eigenvalue weighted by Crippen LogP contribution is 2.43. The Bertz CT molecular complexity index is 2800. The first-order chi connectivity index (χ1) is 26.3. The third-order valence-electron chi connectivity index (χ3n) is 9.89. The lowest BCUT2D eigenvalue weighted by atomic mass is 10.0. The lowest BCUT2D eigenvalue weighted by Gasteiger charge is -2.07. The maximum atomic E-state index is 11.6. The normalized spacial score (nSPS) is 12.0. The number of nitrogens with zero attached hydrogens (tertiary/aromatic N) is 3. The first kappa shape index (κ1) is 33.5. The molecular formula is C47H33N3O2S2. The van der Waals surface area contributed by atoms with Crippen LogP contribution in [0.3, 0.4) is 0 Å². The van der Waals surface area contributed by atoms with Crippen LogP contribution in [0.25, 0.3) is 87.6 Å². The summed E-state index contributed by atoms with van der Waals surface area (Å²) < 4.78 is 4.30. The predicted octanol–water partition coefficient (Wildman–Crippen LogP) is 13.6. The van der Waals surface area contributed by atoms with Crippen LogP contribution in [0, 0.1) is 30.9 Å². The van der Waals surface area contributed by atoms with Crippen LogP contribution in [0.15, 0.2) is 121 Å². The number of rotatable bonds is 5. The minimum absolute atomic E-state index is 0.0500. The van der Waals surface area contributed by atoms with E-state index in [2.05, 4.69) is 142 Å². The molecule has 7 aromatic rings. The van der Waals surface area contributed by atoms with Crippen molar-refractivity contribution in [2.75, 3.05) is 0 Å². The molecule has 0 radical (unpaired) electrons. The number of hydrogen-bond acceptors (Lipinski definition) is 6. The average Bonchev–Trinajstić information content (AvgIpc) is 4.02. The second-order valence-corrected chi connectivity index (χ2v) is 15.8. The van der Waals surface area contributed by atoms with Crippen molar-refractivity contribution in [3.05, 3.63) is 171 Å². The first-order valence-electron chi connectivity index (χ1n) is 17.7. The summed E-state index contributed by atoms with van der Waals surface area (Å²) in [5, 5.41) is 11.6. The number of aromatic nitrogens is 2. The maximum absolute atomic E-state index is 11.6. The van der Waals surface area contributed by atoms with Crippen molar-refractivity contribution in [1.82, 2.24) is 9.97 Å². The van der Waals surface area contributed by atoms with Crippen LogP contribution in [0.4, 0.5) is 5.69 Å². The van der Waals surface area contributed by atoms with E-state index in [0.717, 1.165) is 86.1 Å². The van der Waals surface area contributed by atoms with E-state index in [1.54, 1.807) is 34.8 Å². The fourth-order valence-electron chi connectivity index (χ4n) is 7.07. The molecule has 0 fully saturated rings. The lowest BCUT2D eigenvalue weighted by Crippen LogP contribution is -1.89. The number of aryl methyl sites for hydroxylation is 3. The first-order valence-corrected chi connectivity index (χ1v) is 19.4. The van der Waals surface area contributed by atoms with Gasteiger partial charge in [0.25, 0.3) is 5.69 Å². The Balaban J connectivity index is 1.45. The lowest BCUT2D eigenvalue weighted by molar-refractivity contribution is -0.384. The van der Waals surface area contributed by atoms with Crippen LogP contribution in [-0.4, -0.2) is 14.9 Å². The fraction of sp³-hybridized carbons (Fsp3) is 0.0638. The summed E-state index contributed by atoms with van der Waals surface area (Å²) in [5.41, 5.74) is 15.4. The molecular weight excluding hydrogens is 703 g/mol. The molecule has 260 valence electrons. The zero-order valence-electron chi connectivity index (χ0n) is 29.8. The molecule has 3 aromatic heterocycles. The standard InChI is InChI=1S/C47H33N3O2S2/c1-28-4-10-31(11-5-28)44-36-20-21-37(48-36)45(32-12-6-29(2)7-13-32)42-26-27-43(54-42)47(34-16-18-35(19-17-34)50(51)52)39-23-22-38(49-39)46(41-25-24-40(44)53-41)33-14-8-30(3)9-15-33/h4-27H,1-3H3. The summed E-state index contributed by atoms with van der Waals surface area (Å²) in [6.07, 6.45) is 8.46. The van der Waals surface area contributed by atoms with E-state index in [4.69, 9.17) is 9.97 Å². The Hall–Kier alpha value is -6.28. The van der Waals surface area contributed by atoms with Crippen LogP contribution in [0.1, 0.15) is 39.5 Å². The molecule has 0 N–H and O–H groups in total. The van der Waals surface area contributed by atoms with Crippen LogP contribution >= 0.6 is 22.7 Å². The predicted molar refractivity (Wildman–Crippen MR) is 229 cm³/mol. The van der Waals surface area contributed by atoms with E-state index in [1.165, 1.54) is 16.7 Å². The van der Waals surface area contributed by atoms with Crippen molar-refractivity contribution in [2.24, 2.45) is 0 Å². The van der Waals surface area contributed by atoms with E-state index < -0.39 is 0 Å². The zero-order chi connectivity index (χ0) is 36.9. The van der Waals surface area contributed by atoms with Gasteiger partial charge in [0.15, 0.2) is 0 Å². The number of nitro groups is 1. The monoisotopic (exact) mass is 735 g/mol. The van der Waals surface area contributed by atoms with E-state index in [9.17, 15) is 10.1 Å². The van der Waals surface area contributed by atoms with Gasteiger partial charge in [-0.05, 0) is 104 Å².